The van der Waals surface area contributed by atoms with Crippen molar-refractivity contribution in [2.45, 2.75) is 25.5 Å². The Morgan fingerprint density at radius 1 is 1.50 bits per heavy atom. The molecule has 2 N–H and O–H groups in total. The Kier molecular flexibility index (Phi) is 4.15. The van der Waals surface area contributed by atoms with E-state index >= 15 is 0 Å². The SMILES string of the molecule is NCCCC1CN(Cc2cccc(F)c2)C(=O)O1. The molecule has 0 bridgehead atoms. The summed E-state index contributed by atoms with van der Waals surface area (Å²) >= 11 is 0. The maximum atomic E-state index is 13.0. The third kappa shape index (κ3) is 3.20. The molecule has 1 aromatic rings. The van der Waals surface area contributed by atoms with Crippen LogP contribution in [0, 0.1) is 5.82 Å². The van der Waals surface area contributed by atoms with Gasteiger partial charge in [-0.25, -0.2) is 9.18 Å². The predicted molar refractivity (Wildman–Crippen MR) is 65.4 cm³/mol. The molecule has 1 atom stereocenters. The topological polar surface area (TPSA) is 55.6 Å². The van der Waals surface area contributed by atoms with Gasteiger partial charge in [-0.1, -0.05) is 12.1 Å². The Balaban J connectivity index is 1.92. The summed E-state index contributed by atoms with van der Waals surface area (Å²) in [6.45, 7) is 1.53. The highest BCUT2D eigenvalue weighted by Gasteiger charge is 2.30. The van der Waals surface area contributed by atoms with Crippen molar-refractivity contribution in [3.8, 4) is 0 Å². The van der Waals surface area contributed by atoms with Crippen molar-refractivity contribution in [3.05, 3.63) is 35.6 Å². The smallest absolute Gasteiger partial charge is 0.410 e. The number of hydrogen-bond donors (Lipinski definition) is 1. The molecule has 98 valence electrons. The third-order valence-corrected chi connectivity index (χ3v) is 2.94. The third-order valence-electron chi connectivity index (χ3n) is 2.94. The van der Waals surface area contributed by atoms with Gasteiger partial charge < -0.3 is 15.4 Å². The molecule has 1 aliphatic rings. The second kappa shape index (κ2) is 5.82. The molecule has 0 aromatic heterocycles. The largest absolute Gasteiger partial charge is 0.444 e. The summed E-state index contributed by atoms with van der Waals surface area (Å²) in [5.41, 5.74) is 6.19. The van der Waals surface area contributed by atoms with E-state index < -0.39 is 0 Å². The first-order valence-corrected chi connectivity index (χ1v) is 6.09. The lowest BCUT2D eigenvalue weighted by atomic mass is 10.2. The molecule has 0 saturated carbocycles. The van der Waals surface area contributed by atoms with Crippen molar-refractivity contribution < 1.29 is 13.9 Å². The quantitative estimate of drug-likeness (QED) is 0.870. The van der Waals surface area contributed by atoms with Gasteiger partial charge in [0, 0.05) is 6.54 Å². The van der Waals surface area contributed by atoms with Crippen LogP contribution in [-0.4, -0.2) is 30.2 Å². The summed E-state index contributed by atoms with van der Waals surface area (Å²) < 4.78 is 18.2. The van der Waals surface area contributed by atoms with E-state index in [0.717, 1.165) is 18.4 Å². The number of amides is 1. The van der Waals surface area contributed by atoms with Crippen LogP contribution in [0.5, 0.6) is 0 Å². The number of benzene rings is 1. The van der Waals surface area contributed by atoms with Crippen LogP contribution in [0.25, 0.3) is 0 Å². The van der Waals surface area contributed by atoms with Crippen molar-refractivity contribution >= 4 is 6.09 Å². The van der Waals surface area contributed by atoms with Crippen molar-refractivity contribution in [2.24, 2.45) is 5.73 Å². The van der Waals surface area contributed by atoms with Crippen molar-refractivity contribution in [1.82, 2.24) is 4.90 Å². The molecule has 1 aromatic carbocycles. The molecule has 0 radical (unpaired) electrons. The summed E-state index contributed by atoms with van der Waals surface area (Å²) in [6, 6.07) is 6.25. The average molecular weight is 252 g/mol. The van der Waals surface area contributed by atoms with Gasteiger partial charge in [-0.3, -0.25) is 0 Å². The monoisotopic (exact) mass is 252 g/mol. The lowest BCUT2D eigenvalue weighted by Gasteiger charge is -2.12. The fourth-order valence-corrected chi connectivity index (χ4v) is 2.06. The maximum absolute atomic E-state index is 13.0. The van der Waals surface area contributed by atoms with E-state index in [1.54, 1.807) is 17.0 Å². The Bertz CT molecular complexity index is 425. The van der Waals surface area contributed by atoms with Gasteiger partial charge in [0.1, 0.15) is 11.9 Å². The normalized spacial score (nSPS) is 19.1. The molecular formula is C13H17FN2O2. The summed E-state index contributed by atoms with van der Waals surface area (Å²) in [5, 5.41) is 0. The van der Waals surface area contributed by atoms with Gasteiger partial charge >= 0.3 is 6.09 Å². The zero-order valence-electron chi connectivity index (χ0n) is 10.1. The number of rotatable bonds is 5. The van der Waals surface area contributed by atoms with Crippen LogP contribution in [-0.2, 0) is 11.3 Å². The Morgan fingerprint density at radius 2 is 2.33 bits per heavy atom. The van der Waals surface area contributed by atoms with Gasteiger partial charge in [0.15, 0.2) is 0 Å². The highest BCUT2D eigenvalue weighted by atomic mass is 19.1. The number of cyclic esters (lactones) is 1. The Labute approximate surface area is 106 Å². The van der Waals surface area contributed by atoms with E-state index in [1.165, 1.54) is 12.1 Å². The van der Waals surface area contributed by atoms with Crippen LogP contribution >= 0.6 is 0 Å². The molecule has 1 saturated heterocycles. The minimum atomic E-state index is -0.332. The standard InChI is InChI=1S/C13H17FN2O2/c14-11-4-1-3-10(7-11)8-16-9-12(5-2-6-15)18-13(16)17/h1,3-4,7,12H,2,5-6,8-9,15H2. The zero-order chi connectivity index (χ0) is 13.0. The van der Waals surface area contributed by atoms with E-state index in [0.29, 0.717) is 19.6 Å². The Hall–Kier alpha value is -1.62. The highest BCUT2D eigenvalue weighted by molar-refractivity contribution is 5.69. The highest BCUT2D eigenvalue weighted by Crippen LogP contribution is 2.18. The molecule has 1 aliphatic heterocycles. The molecule has 1 amide bonds. The van der Waals surface area contributed by atoms with Crippen molar-refractivity contribution in [3.63, 3.8) is 0 Å². The van der Waals surface area contributed by atoms with Crippen molar-refractivity contribution in [1.29, 1.82) is 0 Å². The predicted octanol–water partition coefficient (Wildman–Crippen LogP) is 1.89. The Morgan fingerprint density at radius 3 is 3.06 bits per heavy atom. The number of carbonyl (C=O) groups is 1. The van der Waals surface area contributed by atoms with Crippen LogP contribution in [0.15, 0.2) is 24.3 Å². The number of nitrogens with two attached hydrogens (primary N) is 1. The van der Waals surface area contributed by atoms with Crippen LogP contribution < -0.4 is 5.73 Å². The van der Waals surface area contributed by atoms with Crippen molar-refractivity contribution in [2.75, 3.05) is 13.1 Å². The summed E-state index contributed by atoms with van der Waals surface area (Å²) in [6.07, 6.45) is 1.20. The van der Waals surface area contributed by atoms with E-state index in [9.17, 15) is 9.18 Å². The molecule has 18 heavy (non-hydrogen) atoms. The second-order valence-corrected chi connectivity index (χ2v) is 4.45. The molecule has 4 nitrogen and oxygen atoms in total. The number of ether oxygens (including phenoxy) is 1. The molecule has 1 heterocycles. The fraction of sp³-hybridized carbons (Fsp3) is 0.462. The lowest BCUT2D eigenvalue weighted by Crippen LogP contribution is -2.24. The van der Waals surface area contributed by atoms with Crippen LogP contribution in [0.4, 0.5) is 9.18 Å². The summed E-state index contributed by atoms with van der Waals surface area (Å²) in [4.78, 5) is 13.2. The average Bonchev–Trinajstić information content (AvgIpc) is 2.68. The summed E-state index contributed by atoms with van der Waals surface area (Å²) in [7, 11) is 0. The number of nitrogens with zero attached hydrogens (tertiary/aromatic N) is 1. The first-order chi connectivity index (χ1) is 8.69. The molecule has 0 aliphatic carbocycles. The van der Waals surface area contributed by atoms with Gasteiger partial charge in [-0.15, -0.1) is 0 Å². The molecule has 5 heteroatoms. The first-order valence-electron chi connectivity index (χ1n) is 6.09. The maximum Gasteiger partial charge on any atom is 0.410 e. The number of hydrogen-bond acceptors (Lipinski definition) is 3. The zero-order valence-corrected chi connectivity index (χ0v) is 10.1. The van der Waals surface area contributed by atoms with E-state index in [4.69, 9.17) is 10.5 Å². The number of halogens is 1. The van der Waals surface area contributed by atoms with Crippen LogP contribution in [0.1, 0.15) is 18.4 Å². The molecule has 1 fully saturated rings. The summed E-state index contributed by atoms with van der Waals surface area (Å²) in [5.74, 6) is -0.292. The number of carbonyl (C=O) groups excluding carboxylic acids is 1. The van der Waals surface area contributed by atoms with Gasteiger partial charge in [0.05, 0.1) is 6.54 Å². The van der Waals surface area contributed by atoms with Crippen LogP contribution in [0.2, 0.25) is 0 Å². The van der Waals surface area contributed by atoms with Gasteiger partial charge in [-0.05, 0) is 37.1 Å². The first kappa shape index (κ1) is 12.8. The molecule has 2 rings (SSSR count). The van der Waals surface area contributed by atoms with E-state index in [2.05, 4.69) is 0 Å². The second-order valence-electron chi connectivity index (χ2n) is 4.45. The van der Waals surface area contributed by atoms with E-state index in [-0.39, 0.29) is 18.0 Å². The van der Waals surface area contributed by atoms with Gasteiger partial charge in [0.2, 0.25) is 0 Å². The fourth-order valence-electron chi connectivity index (χ4n) is 2.06. The minimum absolute atomic E-state index is 0.0883. The van der Waals surface area contributed by atoms with Crippen LogP contribution in [0.3, 0.4) is 0 Å². The van der Waals surface area contributed by atoms with Gasteiger partial charge in [0.25, 0.3) is 0 Å². The van der Waals surface area contributed by atoms with Gasteiger partial charge in [-0.2, -0.15) is 0 Å². The minimum Gasteiger partial charge on any atom is -0.444 e. The molecule has 1 unspecified atom stereocenters. The van der Waals surface area contributed by atoms with E-state index in [1.807, 2.05) is 0 Å². The lowest BCUT2D eigenvalue weighted by molar-refractivity contribution is 0.127. The molecule has 0 spiro atoms. The molecular weight excluding hydrogens is 235 g/mol.